The molecule has 0 saturated heterocycles. The van der Waals surface area contributed by atoms with Crippen LogP contribution < -0.4 is 4.72 Å². The van der Waals surface area contributed by atoms with Crippen LogP contribution in [0.3, 0.4) is 0 Å². The Morgan fingerprint density at radius 1 is 1.05 bits per heavy atom. The lowest BCUT2D eigenvalue weighted by atomic mass is 10.0. The highest BCUT2D eigenvalue weighted by Gasteiger charge is 2.19. The molecule has 2 aromatic carbocycles. The molecule has 0 spiro atoms. The Morgan fingerprint density at radius 2 is 1.65 bits per heavy atom. The van der Waals surface area contributed by atoms with Crippen LogP contribution in [0.4, 0.5) is 4.39 Å². The van der Waals surface area contributed by atoms with Crippen LogP contribution in [0.5, 0.6) is 0 Å². The molecule has 0 bridgehead atoms. The number of hydrogen-bond donors (Lipinski definition) is 1. The molecule has 0 aliphatic rings. The second-order valence-corrected chi connectivity index (χ2v) is 6.37. The topological polar surface area (TPSA) is 46.2 Å². The molecule has 0 unspecified atom stereocenters. The molecule has 0 amide bonds. The first-order valence-corrected chi connectivity index (χ1v) is 7.72. The van der Waals surface area contributed by atoms with E-state index in [0.29, 0.717) is 0 Å². The fourth-order valence-electron chi connectivity index (χ4n) is 2.05. The molecule has 1 atom stereocenters. The highest BCUT2D eigenvalue weighted by Crippen LogP contribution is 2.20. The lowest BCUT2D eigenvalue weighted by molar-refractivity contribution is 0.566. The van der Waals surface area contributed by atoms with Gasteiger partial charge in [0.25, 0.3) is 0 Å². The van der Waals surface area contributed by atoms with E-state index >= 15 is 0 Å². The molecule has 106 valence electrons. The second kappa shape index (κ2) is 5.73. The van der Waals surface area contributed by atoms with Crippen LogP contribution in [0.2, 0.25) is 0 Å². The Kier molecular flexibility index (Phi) is 4.20. The number of nitrogens with one attached hydrogen (secondary N) is 1. The molecule has 1 N–H and O–H groups in total. The molecule has 0 radical (unpaired) electrons. The maximum atomic E-state index is 12.8. The van der Waals surface area contributed by atoms with E-state index in [1.807, 2.05) is 31.2 Å². The monoisotopic (exact) mass is 293 g/mol. The van der Waals surface area contributed by atoms with Gasteiger partial charge in [-0.2, -0.15) is 0 Å². The van der Waals surface area contributed by atoms with Crippen molar-refractivity contribution in [2.75, 3.05) is 0 Å². The average Bonchev–Trinajstić information content (AvgIpc) is 2.39. The Balaban J connectivity index is 2.24. The maximum absolute atomic E-state index is 12.8. The largest absolute Gasteiger partial charge is 0.241 e. The van der Waals surface area contributed by atoms with E-state index in [1.165, 1.54) is 12.1 Å². The van der Waals surface area contributed by atoms with Crippen LogP contribution in [-0.2, 0) is 10.0 Å². The zero-order valence-electron chi connectivity index (χ0n) is 11.3. The van der Waals surface area contributed by atoms with Crippen LogP contribution in [0.1, 0.15) is 24.1 Å². The molecule has 5 heteroatoms. The van der Waals surface area contributed by atoms with Crippen LogP contribution in [0.15, 0.2) is 53.4 Å². The van der Waals surface area contributed by atoms with Crippen molar-refractivity contribution in [2.24, 2.45) is 0 Å². The van der Waals surface area contributed by atoms with Crippen LogP contribution in [0.25, 0.3) is 0 Å². The normalized spacial score (nSPS) is 13.2. The van der Waals surface area contributed by atoms with Crippen LogP contribution >= 0.6 is 0 Å². The molecule has 20 heavy (non-hydrogen) atoms. The first-order valence-electron chi connectivity index (χ1n) is 6.23. The van der Waals surface area contributed by atoms with Crippen molar-refractivity contribution in [3.05, 3.63) is 65.5 Å². The van der Waals surface area contributed by atoms with Gasteiger partial charge in [0.05, 0.1) is 4.90 Å². The molecule has 0 aliphatic heterocycles. The fourth-order valence-corrected chi connectivity index (χ4v) is 3.27. The standard InChI is InChI=1S/C15H16FNO2S/c1-11-5-3-4-6-15(11)12(2)17-20(18,19)14-9-7-13(16)8-10-14/h3-10,12,17H,1-2H3/t12-/m1/s1. The van der Waals surface area contributed by atoms with E-state index in [9.17, 15) is 12.8 Å². The summed E-state index contributed by atoms with van der Waals surface area (Å²) in [5, 5.41) is 0. The molecule has 0 aromatic heterocycles. The molecule has 2 rings (SSSR count). The number of halogens is 1. The number of sulfonamides is 1. The van der Waals surface area contributed by atoms with Gasteiger partial charge in [-0.1, -0.05) is 24.3 Å². The molecule has 2 aromatic rings. The molecule has 0 saturated carbocycles. The Labute approximate surface area is 118 Å². The Morgan fingerprint density at radius 3 is 2.25 bits per heavy atom. The number of hydrogen-bond acceptors (Lipinski definition) is 2. The third-order valence-electron chi connectivity index (χ3n) is 3.11. The van der Waals surface area contributed by atoms with E-state index in [1.54, 1.807) is 6.92 Å². The van der Waals surface area contributed by atoms with Gasteiger partial charge in [0.1, 0.15) is 5.82 Å². The Hall–Kier alpha value is -1.72. The fraction of sp³-hybridized carbons (Fsp3) is 0.200. The molecule has 3 nitrogen and oxygen atoms in total. The summed E-state index contributed by atoms with van der Waals surface area (Å²) >= 11 is 0. The van der Waals surface area contributed by atoms with Crippen molar-refractivity contribution >= 4 is 10.0 Å². The van der Waals surface area contributed by atoms with Gasteiger partial charge in [-0.3, -0.25) is 0 Å². The molecule has 0 aliphatic carbocycles. The first kappa shape index (κ1) is 14.7. The van der Waals surface area contributed by atoms with E-state index < -0.39 is 15.8 Å². The predicted molar refractivity (Wildman–Crippen MR) is 76.3 cm³/mol. The summed E-state index contributed by atoms with van der Waals surface area (Å²) in [6.07, 6.45) is 0. The SMILES string of the molecule is Cc1ccccc1[C@@H](C)NS(=O)(=O)c1ccc(F)cc1. The van der Waals surface area contributed by atoms with Crippen molar-refractivity contribution in [2.45, 2.75) is 24.8 Å². The Bertz CT molecular complexity index is 696. The minimum Gasteiger partial charge on any atom is -0.207 e. The smallest absolute Gasteiger partial charge is 0.207 e. The van der Waals surface area contributed by atoms with Gasteiger partial charge in [0, 0.05) is 6.04 Å². The molecule has 0 fully saturated rings. The van der Waals surface area contributed by atoms with Crippen LogP contribution in [0, 0.1) is 12.7 Å². The highest BCUT2D eigenvalue weighted by atomic mass is 32.2. The average molecular weight is 293 g/mol. The first-order chi connectivity index (χ1) is 9.40. The molecular weight excluding hydrogens is 277 g/mol. The summed E-state index contributed by atoms with van der Waals surface area (Å²) in [7, 11) is -3.66. The van der Waals surface area contributed by atoms with E-state index in [2.05, 4.69) is 4.72 Å². The third-order valence-corrected chi connectivity index (χ3v) is 4.67. The number of aryl methyl sites for hydroxylation is 1. The quantitative estimate of drug-likeness (QED) is 0.941. The summed E-state index contributed by atoms with van der Waals surface area (Å²) < 4.78 is 39.8. The molecular formula is C15H16FNO2S. The van der Waals surface area contributed by atoms with Gasteiger partial charge in [0.15, 0.2) is 0 Å². The zero-order chi connectivity index (χ0) is 14.8. The van der Waals surface area contributed by atoms with Gasteiger partial charge < -0.3 is 0 Å². The summed E-state index contributed by atoms with van der Waals surface area (Å²) in [4.78, 5) is 0.0549. The lowest BCUT2D eigenvalue weighted by Crippen LogP contribution is -2.27. The highest BCUT2D eigenvalue weighted by molar-refractivity contribution is 7.89. The molecule has 0 heterocycles. The number of rotatable bonds is 4. The van der Waals surface area contributed by atoms with Crippen molar-refractivity contribution in [1.82, 2.24) is 4.72 Å². The van der Waals surface area contributed by atoms with Crippen molar-refractivity contribution < 1.29 is 12.8 Å². The summed E-state index contributed by atoms with van der Waals surface area (Å²) in [6.45, 7) is 3.71. The third kappa shape index (κ3) is 3.23. The second-order valence-electron chi connectivity index (χ2n) is 4.65. The van der Waals surface area contributed by atoms with Gasteiger partial charge in [-0.05, 0) is 49.2 Å². The van der Waals surface area contributed by atoms with Gasteiger partial charge >= 0.3 is 0 Å². The van der Waals surface area contributed by atoms with E-state index in [4.69, 9.17) is 0 Å². The van der Waals surface area contributed by atoms with Crippen molar-refractivity contribution in [1.29, 1.82) is 0 Å². The lowest BCUT2D eigenvalue weighted by Gasteiger charge is -2.16. The minimum atomic E-state index is -3.66. The summed E-state index contributed by atoms with van der Waals surface area (Å²) in [6, 6.07) is 12.0. The predicted octanol–water partition coefficient (Wildman–Crippen LogP) is 3.17. The van der Waals surface area contributed by atoms with Gasteiger partial charge in [-0.25, -0.2) is 17.5 Å². The summed E-state index contributed by atoms with van der Waals surface area (Å²) in [5.74, 6) is -0.462. The number of benzene rings is 2. The van der Waals surface area contributed by atoms with E-state index in [0.717, 1.165) is 23.3 Å². The van der Waals surface area contributed by atoms with Crippen molar-refractivity contribution in [3.63, 3.8) is 0 Å². The van der Waals surface area contributed by atoms with E-state index in [-0.39, 0.29) is 10.9 Å². The summed E-state index contributed by atoms with van der Waals surface area (Å²) in [5.41, 5.74) is 1.93. The van der Waals surface area contributed by atoms with Gasteiger partial charge in [0.2, 0.25) is 10.0 Å². The minimum absolute atomic E-state index is 0.0549. The zero-order valence-corrected chi connectivity index (χ0v) is 12.1. The van der Waals surface area contributed by atoms with Gasteiger partial charge in [-0.15, -0.1) is 0 Å². The maximum Gasteiger partial charge on any atom is 0.241 e. The van der Waals surface area contributed by atoms with Crippen LogP contribution in [-0.4, -0.2) is 8.42 Å². The van der Waals surface area contributed by atoms with Crippen molar-refractivity contribution in [3.8, 4) is 0 Å².